The number of esters is 1. The van der Waals surface area contributed by atoms with E-state index in [4.69, 9.17) is 4.74 Å². The number of nitrogens with zero attached hydrogens (tertiary/aromatic N) is 3. The number of carbonyl (C=O) groups excluding carboxylic acids is 1. The maximum Gasteiger partial charge on any atom is 0.306 e. The van der Waals surface area contributed by atoms with Gasteiger partial charge in [-0.25, -0.2) is 9.97 Å². The highest BCUT2D eigenvalue weighted by molar-refractivity contribution is 7.98. The molecule has 0 spiro atoms. The molecule has 0 N–H and O–H groups in total. The number of hydrogen-bond acceptors (Lipinski definition) is 5. The minimum atomic E-state index is -0.0972. The molecular weight excluding hydrogens is 274 g/mol. The molecular formula is C14H17N3O2S. The number of rotatable bonds is 6. The smallest absolute Gasteiger partial charge is 0.306 e. The second-order valence-electron chi connectivity index (χ2n) is 5.30. The lowest BCUT2D eigenvalue weighted by Crippen LogP contribution is -2.13. The first kappa shape index (κ1) is 13.4. The van der Waals surface area contributed by atoms with Crippen LogP contribution < -0.4 is 0 Å². The van der Waals surface area contributed by atoms with E-state index >= 15 is 0 Å². The largest absolute Gasteiger partial charge is 0.469 e. The van der Waals surface area contributed by atoms with E-state index in [2.05, 4.69) is 9.97 Å². The molecule has 0 bridgehead atoms. The zero-order valence-electron chi connectivity index (χ0n) is 11.4. The lowest BCUT2D eigenvalue weighted by molar-refractivity contribution is -0.141. The van der Waals surface area contributed by atoms with E-state index in [1.165, 1.54) is 7.11 Å². The quantitative estimate of drug-likeness (QED) is 0.764. The molecule has 1 aliphatic rings. The predicted molar refractivity (Wildman–Crippen MR) is 77.4 cm³/mol. The highest BCUT2D eigenvalue weighted by atomic mass is 32.2. The summed E-state index contributed by atoms with van der Waals surface area (Å²) in [6, 6.07) is 1.89. The molecule has 6 heteroatoms. The Hall–Kier alpha value is -1.56. The van der Waals surface area contributed by atoms with Crippen LogP contribution in [0, 0.1) is 5.41 Å². The van der Waals surface area contributed by atoms with Gasteiger partial charge in [0.15, 0.2) is 0 Å². The van der Waals surface area contributed by atoms with E-state index in [0.717, 1.165) is 35.8 Å². The summed E-state index contributed by atoms with van der Waals surface area (Å²) in [7, 11) is 1.45. The Balaban J connectivity index is 1.53. The van der Waals surface area contributed by atoms with Gasteiger partial charge in [0.05, 0.1) is 19.2 Å². The Kier molecular flexibility index (Phi) is 3.65. The summed E-state index contributed by atoms with van der Waals surface area (Å²) in [6.45, 7) is 0. The SMILES string of the molecule is COC(=O)CC1(CSCc2cn3cccnc3n2)CC1. The summed E-state index contributed by atoms with van der Waals surface area (Å²) < 4.78 is 6.69. The van der Waals surface area contributed by atoms with Crippen molar-refractivity contribution in [3.05, 3.63) is 30.4 Å². The summed E-state index contributed by atoms with van der Waals surface area (Å²) in [5.74, 6) is 2.48. The highest BCUT2D eigenvalue weighted by Gasteiger charge is 2.44. The van der Waals surface area contributed by atoms with Gasteiger partial charge in [-0.05, 0) is 30.1 Å². The molecule has 0 aliphatic heterocycles. The van der Waals surface area contributed by atoms with E-state index in [1.807, 2.05) is 34.6 Å². The molecule has 2 heterocycles. The summed E-state index contributed by atoms with van der Waals surface area (Å²) in [5, 5.41) is 0. The highest BCUT2D eigenvalue weighted by Crippen LogP contribution is 2.51. The van der Waals surface area contributed by atoms with Gasteiger partial charge in [0, 0.05) is 24.3 Å². The van der Waals surface area contributed by atoms with Gasteiger partial charge < -0.3 is 4.74 Å². The summed E-state index contributed by atoms with van der Waals surface area (Å²) in [4.78, 5) is 20.0. The fourth-order valence-electron chi connectivity index (χ4n) is 2.25. The first-order valence-electron chi connectivity index (χ1n) is 6.64. The molecule has 0 atom stereocenters. The molecule has 0 unspecified atom stereocenters. The van der Waals surface area contributed by atoms with Gasteiger partial charge >= 0.3 is 5.97 Å². The van der Waals surface area contributed by atoms with Crippen LogP contribution in [-0.4, -0.2) is 33.2 Å². The molecule has 1 fully saturated rings. The average Bonchev–Trinajstić information content (AvgIpc) is 3.07. The number of imidazole rings is 1. The summed E-state index contributed by atoms with van der Waals surface area (Å²) in [5.41, 5.74) is 1.21. The van der Waals surface area contributed by atoms with Crippen molar-refractivity contribution >= 4 is 23.5 Å². The lowest BCUT2D eigenvalue weighted by Gasteiger charge is -2.12. The molecule has 0 saturated heterocycles. The van der Waals surface area contributed by atoms with Crippen molar-refractivity contribution < 1.29 is 9.53 Å². The van der Waals surface area contributed by atoms with Crippen LogP contribution >= 0.6 is 11.8 Å². The van der Waals surface area contributed by atoms with Crippen LogP contribution in [0.25, 0.3) is 5.78 Å². The predicted octanol–water partition coefficient (Wildman–Crippen LogP) is 2.31. The zero-order chi connectivity index (χ0) is 14.0. The van der Waals surface area contributed by atoms with Crippen molar-refractivity contribution in [1.82, 2.24) is 14.4 Å². The van der Waals surface area contributed by atoms with Crippen molar-refractivity contribution in [2.75, 3.05) is 12.9 Å². The van der Waals surface area contributed by atoms with Crippen LogP contribution in [0.15, 0.2) is 24.7 Å². The fourth-order valence-corrected chi connectivity index (χ4v) is 3.52. The first-order valence-corrected chi connectivity index (χ1v) is 7.79. The van der Waals surface area contributed by atoms with E-state index in [-0.39, 0.29) is 11.4 Å². The third-order valence-corrected chi connectivity index (χ3v) is 4.96. The van der Waals surface area contributed by atoms with Gasteiger partial charge in [-0.15, -0.1) is 0 Å². The van der Waals surface area contributed by atoms with Crippen LogP contribution in [0.5, 0.6) is 0 Å². The van der Waals surface area contributed by atoms with Gasteiger partial charge in [-0.1, -0.05) is 0 Å². The number of carbonyl (C=O) groups is 1. The molecule has 1 saturated carbocycles. The van der Waals surface area contributed by atoms with Crippen LogP contribution in [0.2, 0.25) is 0 Å². The lowest BCUT2D eigenvalue weighted by atomic mass is 10.1. The van der Waals surface area contributed by atoms with Gasteiger partial charge in [-0.2, -0.15) is 11.8 Å². The normalized spacial score (nSPS) is 16.2. The molecule has 20 heavy (non-hydrogen) atoms. The Bertz CT molecular complexity index is 589. The van der Waals surface area contributed by atoms with Crippen LogP contribution in [-0.2, 0) is 15.3 Å². The fraction of sp³-hybridized carbons (Fsp3) is 0.500. The monoisotopic (exact) mass is 291 g/mol. The van der Waals surface area contributed by atoms with E-state index < -0.39 is 0 Å². The number of fused-ring (bicyclic) bond motifs is 1. The molecule has 0 amide bonds. The second-order valence-corrected chi connectivity index (χ2v) is 6.29. The second kappa shape index (κ2) is 5.44. The van der Waals surface area contributed by atoms with Gasteiger partial charge in [0.25, 0.3) is 0 Å². The molecule has 2 aromatic heterocycles. The minimum Gasteiger partial charge on any atom is -0.469 e. The van der Waals surface area contributed by atoms with Gasteiger partial charge in [0.2, 0.25) is 5.78 Å². The molecule has 2 aromatic rings. The van der Waals surface area contributed by atoms with Crippen molar-refractivity contribution in [2.45, 2.75) is 25.0 Å². The van der Waals surface area contributed by atoms with Gasteiger partial charge in [-0.3, -0.25) is 9.20 Å². The standard InChI is InChI=1S/C14H17N3O2S/c1-19-12(18)7-14(3-4-14)10-20-9-11-8-17-6-2-5-15-13(17)16-11/h2,5-6,8H,3-4,7,9-10H2,1H3. The third-order valence-electron chi connectivity index (χ3n) is 3.65. The molecule has 0 radical (unpaired) electrons. The number of methoxy groups -OCH3 is 1. The van der Waals surface area contributed by atoms with E-state index in [0.29, 0.717) is 6.42 Å². The summed E-state index contributed by atoms with van der Waals surface area (Å²) >= 11 is 1.83. The Labute approximate surface area is 121 Å². The number of hydrogen-bond donors (Lipinski definition) is 0. The van der Waals surface area contributed by atoms with Crippen LogP contribution in [0.1, 0.15) is 25.0 Å². The molecule has 3 rings (SSSR count). The third kappa shape index (κ3) is 2.95. The van der Waals surface area contributed by atoms with Crippen molar-refractivity contribution in [1.29, 1.82) is 0 Å². The maximum atomic E-state index is 11.4. The zero-order valence-corrected chi connectivity index (χ0v) is 12.2. The van der Waals surface area contributed by atoms with E-state index in [1.54, 1.807) is 6.20 Å². The Morgan fingerprint density at radius 2 is 2.40 bits per heavy atom. The topological polar surface area (TPSA) is 56.5 Å². The minimum absolute atomic E-state index is 0.0972. The maximum absolute atomic E-state index is 11.4. The molecule has 1 aliphatic carbocycles. The Morgan fingerprint density at radius 3 is 3.10 bits per heavy atom. The number of thioether (sulfide) groups is 1. The molecule has 106 valence electrons. The van der Waals surface area contributed by atoms with Crippen molar-refractivity contribution in [3.63, 3.8) is 0 Å². The van der Waals surface area contributed by atoms with E-state index in [9.17, 15) is 4.79 Å². The Morgan fingerprint density at radius 1 is 1.55 bits per heavy atom. The first-order chi connectivity index (χ1) is 9.71. The number of aromatic nitrogens is 3. The van der Waals surface area contributed by atoms with Crippen molar-refractivity contribution in [2.24, 2.45) is 5.41 Å². The van der Waals surface area contributed by atoms with Crippen LogP contribution in [0.3, 0.4) is 0 Å². The van der Waals surface area contributed by atoms with Gasteiger partial charge in [0.1, 0.15) is 0 Å². The van der Waals surface area contributed by atoms with Crippen molar-refractivity contribution in [3.8, 4) is 0 Å². The van der Waals surface area contributed by atoms with Crippen LogP contribution in [0.4, 0.5) is 0 Å². The number of ether oxygens (including phenoxy) is 1. The summed E-state index contributed by atoms with van der Waals surface area (Å²) in [6.07, 6.45) is 8.50. The molecule has 0 aromatic carbocycles. The average molecular weight is 291 g/mol. The molecule has 5 nitrogen and oxygen atoms in total.